The Morgan fingerprint density at radius 1 is 1.08 bits per heavy atom. The van der Waals surface area contributed by atoms with Crippen molar-refractivity contribution in [3.8, 4) is 23.1 Å². The van der Waals surface area contributed by atoms with Gasteiger partial charge < -0.3 is 34.1 Å². The van der Waals surface area contributed by atoms with E-state index in [4.69, 9.17) is 30.5 Å². The number of anilines is 1. The van der Waals surface area contributed by atoms with E-state index in [0.29, 0.717) is 25.0 Å². The number of aromatic nitrogens is 3. The number of fused-ring (bicyclic) bond motifs is 1. The molecule has 3 aliphatic rings. The zero-order chi connectivity index (χ0) is 37.6. The van der Waals surface area contributed by atoms with Crippen molar-refractivity contribution in [2.75, 3.05) is 64.4 Å². The summed E-state index contributed by atoms with van der Waals surface area (Å²) < 4.78 is 37.6. The molecule has 16 heteroatoms. The number of halogens is 2. The fourth-order valence-corrected chi connectivity index (χ4v) is 7.38. The SMILES string of the molecule is CCN(C(=O)c1cc(F)c2c(c1Oc1nnc(Cl)nc1N1CCC3(C1)CN([C@H](CCCNCCCOC)C(C)C)C3)OC(=O)/C=C/C(=O)O2)C(C)C. The molecule has 0 saturated carbocycles. The van der Waals surface area contributed by atoms with Gasteiger partial charge in [0.25, 0.3) is 11.8 Å². The lowest BCUT2D eigenvalue weighted by Crippen LogP contribution is -2.62. The third kappa shape index (κ3) is 8.99. The summed E-state index contributed by atoms with van der Waals surface area (Å²) in [7, 11) is 1.72. The molecule has 2 aromatic rings. The molecule has 1 atom stereocenters. The van der Waals surface area contributed by atoms with Crippen LogP contribution in [0.3, 0.4) is 0 Å². The van der Waals surface area contributed by atoms with E-state index in [-0.39, 0.29) is 46.3 Å². The first-order chi connectivity index (χ1) is 24.9. The fourth-order valence-electron chi connectivity index (χ4n) is 7.26. The summed E-state index contributed by atoms with van der Waals surface area (Å²) in [5, 5.41) is 11.5. The lowest BCUT2D eigenvalue weighted by atomic mass is 9.76. The Kier molecular flexibility index (Phi) is 13.1. The van der Waals surface area contributed by atoms with Gasteiger partial charge in [-0.25, -0.2) is 14.0 Å². The van der Waals surface area contributed by atoms with Crippen molar-refractivity contribution in [3.05, 3.63) is 34.9 Å². The summed E-state index contributed by atoms with van der Waals surface area (Å²) in [6.45, 7) is 16.0. The molecule has 2 saturated heterocycles. The molecule has 1 amide bonds. The Labute approximate surface area is 308 Å². The molecule has 0 unspecified atom stereocenters. The largest absolute Gasteiger partial charge is 0.430 e. The van der Waals surface area contributed by atoms with Crippen LogP contribution in [-0.4, -0.2) is 114 Å². The number of carbonyl (C=O) groups excluding carboxylic acids is 3. The molecule has 0 aliphatic carbocycles. The van der Waals surface area contributed by atoms with Crippen LogP contribution in [0.2, 0.25) is 5.28 Å². The Hall–Kier alpha value is -3.92. The first-order valence-electron chi connectivity index (χ1n) is 17.9. The van der Waals surface area contributed by atoms with Crippen LogP contribution in [0.25, 0.3) is 0 Å². The predicted molar refractivity (Wildman–Crippen MR) is 192 cm³/mol. The second-order valence-electron chi connectivity index (χ2n) is 14.2. The number of methoxy groups -OCH3 is 1. The molecule has 284 valence electrons. The van der Waals surface area contributed by atoms with Gasteiger partial charge >= 0.3 is 11.9 Å². The molecule has 0 bridgehead atoms. The number of benzene rings is 1. The molecule has 52 heavy (non-hydrogen) atoms. The maximum absolute atomic E-state index is 15.6. The van der Waals surface area contributed by atoms with E-state index in [1.807, 2.05) is 18.7 Å². The van der Waals surface area contributed by atoms with Crippen molar-refractivity contribution in [3.63, 3.8) is 0 Å². The predicted octanol–water partition coefficient (Wildman–Crippen LogP) is 4.65. The number of rotatable bonds is 16. The highest BCUT2D eigenvalue weighted by Gasteiger charge is 2.50. The minimum Gasteiger partial charge on any atom is -0.430 e. The number of esters is 2. The average Bonchev–Trinajstić information content (AvgIpc) is 3.53. The van der Waals surface area contributed by atoms with Crippen molar-refractivity contribution >= 4 is 35.3 Å². The smallest absolute Gasteiger partial charge is 0.336 e. The summed E-state index contributed by atoms with van der Waals surface area (Å²) in [5.41, 5.74) is -0.262. The summed E-state index contributed by atoms with van der Waals surface area (Å²) in [4.78, 5) is 49.4. The van der Waals surface area contributed by atoms with Gasteiger partial charge in [0.15, 0.2) is 17.4 Å². The van der Waals surface area contributed by atoms with Gasteiger partial charge in [-0.1, -0.05) is 13.8 Å². The normalized spacial score (nSPS) is 18.1. The fraction of sp³-hybridized carbons (Fsp3) is 0.611. The van der Waals surface area contributed by atoms with Crippen LogP contribution in [0.1, 0.15) is 70.7 Å². The van der Waals surface area contributed by atoms with Crippen molar-refractivity contribution in [1.82, 2.24) is 30.3 Å². The van der Waals surface area contributed by atoms with E-state index >= 15 is 4.39 Å². The van der Waals surface area contributed by atoms with Crippen molar-refractivity contribution in [1.29, 1.82) is 0 Å². The Morgan fingerprint density at radius 3 is 2.42 bits per heavy atom. The minimum atomic E-state index is -1.10. The standard InChI is InChI=1S/C36H49ClFN7O7/c1-7-45(23(4)5)34(48)24-18-25(38)30-31(51-28(47)12-11-27(46)50-30)29(24)52-33-32(40-35(37)42-41-33)43-16-13-36(19-43)20-44(21-36)26(22(2)3)10-8-14-39-15-9-17-49-6/h11-12,18,22-23,26,39H,7-10,13-17,19-21H2,1-6H3/b12-11+/t26-/m1/s1. The zero-order valence-corrected chi connectivity index (χ0v) is 31.5. The van der Waals surface area contributed by atoms with Crippen LogP contribution >= 0.6 is 11.6 Å². The number of carbonyl (C=O) groups is 3. The molecular formula is C36H49ClFN7O7. The monoisotopic (exact) mass is 745 g/mol. The third-order valence-corrected chi connectivity index (χ3v) is 9.94. The molecule has 5 rings (SSSR count). The van der Waals surface area contributed by atoms with Crippen LogP contribution < -0.4 is 24.4 Å². The van der Waals surface area contributed by atoms with E-state index in [9.17, 15) is 14.4 Å². The molecule has 14 nitrogen and oxygen atoms in total. The number of hydrogen-bond donors (Lipinski definition) is 1. The van der Waals surface area contributed by atoms with Crippen LogP contribution in [0.4, 0.5) is 10.2 Å². The number of nitrogens with one attached hydrogen (secondary N) is 1. The quantitative estimate of drug-likeness (QED) is 0.145. The molecule has 1 N–H and O–H groups in total. The summed E-state index contributed by atoms with van der Waals surface area (Å²) in [6, 6.07) is 1.08. The van der Waals surface area contributed by atoms with Gasteiger partial charge in [0.05, 0.1) is 5.56 Å². The molecule has 1 aromatic carbocycles. The van der Waals surface area contributed by atoms with Gasteiger partial charge in [-0.2, -0.15) is 4.98 Å². The highest BCUT2D eigenvalue weighted by molar-refractivity contribution is 6.28. The summed E-state index contributed by atoms with van der Waals surface area (Å²) in [5.74, 6) is -4.80. The molecule has 0 radical (unpaired) electrons. The second-order valence-corrected chi connectivity index (χ2v) is 14.5. The second kappa shape index (κ2) is 17.3. The van der Waals surface area contributed by atoms with Gasteiger partial charge in [0.2, 0.25) is 16.8 Å². The van der Waals surface area contributed by atoms with Gasteiger partial charge in [-0.05, 0) is 83.1 Å². The Bertz CT molecular complexity index is 1650. The maximum atomic E-state index is 15.6. The highest BCUT2D eigenvalue weighted by atomic mass is 35.5. The van der Waals surface area contributed by atoms with Crippen LogP contribution in [0.5, 0.6) is 23.1 Å². The molecule has 1 spiro atoms. The van der Waals surface area contributed by atoms with Gasteiger partial charge in [0, 0.05) is 76.1 Å². The van der Waals surface area contributed by atoms with E-state index in [0.717, 1.165) is 76.7 Å². The molecule has 4 heterocycles. The van der Waals surface area contributed by atoms with Crippen molar-refractivity contribution in [2.24, 2.45) is 11.3 Å². The van der Waals surface area contributed by atoms with Gasteiger partial charge in [0.1, 0.15) is 0 Å². The van der Waals surface area contributed by atoms with E-state index in [2.05, 4.69) is 39.2 Å². The van der Waals surface area contributed by atoms with Crippen LogP contribution in [0.15, 0.2) is 18.2 Å². The number of likely N-dealkylation sites (tertiary alicyclic amines) is 1. The molecule has 2 fully saturated rings. The average molecular weight is 746 g/mol. The summed E-state index contributed by atoms with van der Waals surface area (Å²) in [6.07, 6.45) is 5.73. The van der Waals surface area contributed by atoms with E-state index in [1.54, 1.807) is 14.0 Å². The molecule has 1 aromatic heterocycles. The number of amides is 1. The minimum absolute atomic E-state index is 0.0154. The topological polar surface area (TPSA) is 149 Å². The number of nitrogens with zero attached hydrogens (tertiary/aromatic N) is 6. The van der Waals surface area contributed by atoms with Gasteiger partial charge in [-0.15, -0.1) is 10.2 Å². The van der Waals surface area contributed by atoms with Crippen LogP contribution in [0, 0.1) is 17.2 Å². The van der Waals surface area contributed by atoms with Crippen LogP contribution in [-0.2, 0) is 14.3 Å². The van der Waals surface area contributed by atoms with Crippen molar-refractivity contribution in [2.45, 2.75) is 72.4 Å². The Balaban J connectivity index is 1.39. The molecule has 3 aliphatic heterocycles. The number of hydrogen-bond acceptors (Lipinski definition) is 13. The molecular weight excluding hydrogens is 697 g/mol. The lowest BCUT2D eigenvalue weighted by molar-refractivity contribution is -0.133. The third-order valence-electron chi connectivity index (χ3n) is 9.78. The van der Waals surface area contributed by atoms with Crippen molar-refractivity contribution < 1.29 is 37.7 Å². The Morgan fingerprint density at radius 2 is 1.77 bits per heavy atom. The summed E-state index contributed by atoms with van der Waals surface area (Å²) >= 11 is 6.27. The van der Waals surface area contributed by atoms with Gasteiger partial charge in [-0.3, -0.25) is 9.69 Å². The maximum Gasteiger partial charge on any atom is 0.336 e. The number of ether oxygens (including phenoxy) is 4. The highest BCUT2D eigenvalue weighted by Crippen LogP contribution is 2.48. The van der Waals surface area contributed by atoms with E-state index in [1.165, 1.54) is 4.90 Å². The first-order valence-corrected chi connectivity index (χ1v) is 18.3. The van der Waals surface area contributed by atoms with E-state index < -0.39 is 35.2 Å². The first kappa shape index (κ1) is 39.3. The lowest BCUT2D eigenvalue weighted by Gasteiger charge is -2.53. The zero-order valence-electron chi connectivity index (χ0n) is 30.7.